The molecule has 0 bridgehead atoms. The molecule has 0 heterocycles. The number of benzene rings is 4. The van der Waals surface area contributed by atoms with E-state index in [0.29, 0.717) is 15.9 Å². The number of sulfonamides is 1. The number of hydrogen-bond donors (Lipinski definition) is 1. The third-order valence-electron chi connectivity index (χ3n) is 8.92. The van der Waals surface area contributed by atoms with Crippen LogP contribution in [0.15, 0.2) is 106 Å². The second-order valence-electron chi connectivity index (χ2n) is 12.7. The average Bonchev–Trinajstić information content (AvgIpc) is 3.10. The van der Waals surface area contributed by atoms with Gasteiger partial charge in [-0.15, -0.1) is 0 Å². The molecule has 1 atom stereocenters. The number of amides is 2. The average molecular weight is 805 g/mol. The van der Waals surface area contributed by atoms with Crippen LogP contribution in [0.5, 0.6) is 0 Å². The standard InChI is InChI=1S/C38H38BrClF3N3O4S/c1-26-12-19-32(20-13-26)51(49,50)46(31-18-21-34(40)33(23-31)38(41,42)43)25-36(47)45(24-28-14-16-29(39)17-15-28)35(22-27-8-4-2-5-9-27)37(48)44-30-10-6-3-7-11-30/h2,4-5,8-9,12-21,23,30,35H,3,6-7,10-11,22,24-25H2,1H3,(H,44,48)/t35-/m0/s1. The van der Waals surface area contributed by atoms with Crippen LogP contribution in [0, 0.1) is 6.92 Å². The summed E-state index contributed by atoms with van der Waals surface area (Å²) >= 11 is 9.33. The smallest absolute Gasteiger partial charge is 0.352 e. The molecule has 0 aliphatic heterocycles. The second kappa shape index (κ2) is 16.6. The first-order chi connectivity index (χ1) is 24.2. The van der Waals surface area contributed by atoms with E-state index < -0.39 is 56.9 Å². The lowest BCUT2D eigenvalue weighted by Gasteiger charge is -2.35. The Bertz CT molecular complexity index is 1920. The lowest BCUT2D eigenvalue weighted by molar-refractivity contribution is -0.140. The molecule has 1 aliphatic rings. The van der Waals surface area contributed by atoms with Gasteiger partial charge in [0.15, 0.2) is 0 Å². The molecule has 51 heavy (non-hydrogen) atoms. The molecule has 1 saturated carbocycles. The number of hydrogen-bond acceptors (Lipinski definition) is 4. The molecule has 270 valence electrons. The van der Waals surface area contributed by atoms with Gasteiger partial charge in [-0.3, -0.25) is 13.9 Å². The molecule has 0 saturated heterocycles. The zero-order valence-corrected chi connectivity index (χ0v) is 31.0. The van der Waals surface area contributed by atoms with Gasteiger partial charge in [0.05, 0.1) is 21.2 Å². The fourth-order valence-electron chi connectivity index (χ4n) is 6.14. The van der Waals surface area contributed by atoms with Crippen molar-refractivity contribution < 1.29 is 31.2 Å². The Morgan fingerprint density at radius 3 is 2.18 bits per heavy atom. The summed E-state index contributed by atoms with van der Waals surface area (Å²) < 4.78 is 72.1. The maximum absolute atomic E-state index is 14.7. The third kappa shape index (κ3) is 9.93. The first-order valence-corrected chi connectivity index (χ1v) is 19.2. The molecule has 13 heteroatoms. The molecule has 2 amide bonds. The summed E-state index contributed by atoms with van der Waals surface area (Å²) in [6, 6.07) is 23.6. The van der Waals surface area contributed by atoms with Gasteiger partial charge in [0.25, 0.3) is 10.0 Å². The Kier molecular flexibility index (Phi) is 12.5. The summed E-state index contributed by atoms with van der Waals surface area (Å²) in [7, 11) is -4.61. The van der Waals surface area contributed by atoms with Crippen LogP contribution in [-0.2, 0) is 38.8 Å². The van der Waals surface area contributed by atoms with Crippen molar-refractivity contribution in [1.29, 1.82) is 0 Å². The number of rotatable bonds is 12. The molecular weight excluding hydrogens is 767 g/mol. The SMILES string of the molecule is Cc1ccc(S(=O)(=O)N(CC(=O)N(Cc2ccc(Br)cc2)[C@@H](Cc2ccccc2)C(=O)NC2CCCCC2)c2ccc(Cl)c(C(F)(F)F)c2)cc1. The van der Waals surface area contributed by atoms with Crippen LogP contribution in [0.25, 0.3) is 0 Å². The molecule has 1 aliphatic carbocycles. The Hall–Kier alpha value is -3.87. The minimum absolute atomic E-state index is 0.0749. The van der Waals surface area contributed by atoms with E-state index in [2.05, 4.69) is 21.2 Å². The van der Waals surface area contributed by atoms with Crippen molar-refractivity contribution in [3.63, 3.8) is 0 Å². The summed E-state index contributed by atoms with van der Waals surface area (Å²) in [5.74, 6) is -1.17. The number of aryl methyl sites for hydroxylation is 1. The maximum atomic E-state index is 14.7. The van der Waals surface area contributed by atoms with Crippen LogP contribution in [0.1, 0.15) is 54.4 Å². The van der Waals surface area contributed by atoms with Crippen molar-refractivity contribution in [3.05, 3.63) is 129 Å². The molecule has 7 nitrogen and oxygen atoms in total. The molecule has 1 N–H and O–H groups in total. The van der Waals surface area contributed by atoms with Gasteiger partial charge in [-0.05, 0) is 73.4 Å². The molecule has 1 fully saturated rings. The number of carbonyl (C=O) groups is 2. The van der Waals surface area contributed by atoms with Crippen molar-refractivity contribution in [1.82, 2.24) is 10.2 Å². The van der Waals surface area contributed by atoms with Crippen molar-refractivity contribution >= 4 is 55.1 Å². The van der Waals surface area contributed by atoms with E-state index in [0.717, 1.165) is 59.8 Å². The van der Waals surface area contributed by atoms with E-state index in [4.69, 9.17) is 11.6 Å². The number of nitrogens with zero attached hydrogens (tertiary/aromatic N) is 2. The van der Waals surface area contributed by atoms with Crippen LogP contribution in [0.3, 0.4) is 0 Å². The number of halogens is 5. The molecule has 4 aromatic carbocycles. The number of anilines is 1. The molecule has 0 aromatic heterocycles. The fourth-order valence-corrected chi connectivity index (χ4v) is 8.03. The largest absolute Gasteiger partial charge is 0.417 e. The molecular formula is C38H38BrClF3N3O4S. The molecule has 0 spiro atoms. The zero-order chi connectivity index (χ0) is 36.8. The lowest BCUT2D eigenvalue weighted by Crippen LogP contribution is -2.55. The predicted octanol–water partition coefficient (Wildman–Crippen LogP) is 8.71. The topological polar surface area (TPSA) is 86.8 Å². The summed E-state index contributed by atoms with van der Waals surface area (Å²) in [6.45, 7) is 0.792. The second-order valence-corrected chi connectivity index (χ2v) is 15.9. The highest BCUT2D eigenvalue weighted by Crippen LogP contribution is 2.38. The highest BCUT2D eigenvalue weighted by molar-refractivity contribution is 9.10. The quantitative estimate of drug-likeness (QED) is 0.155. The van der Waals surface area contributed by atoms with Crippen LogP contribution in [-0.4, -0.2) is 43.8 Å². The molecule has 0 radical (unpaired) electrons. The molecule has 5 rings (SSSR count). The summed E-state index contributed by atoms with van der Waals surface area (Å²) in [5, 5.41) is 2.51. The minimum atomic E-state index is -4.90. The number of nitrogens with one attached hydrogen (secondary N) is 1. The maximum Gasteiger partial charge on any atom is 0.417 e. The van der Waals surface area contributed by atoms with Gasteiger partial charge < -0.3 is 10.2 Å². The minimum Gasteiger partial charge on any atom is -0.352 e. The van der Waals surface area contributed by atoms with Gasteiger partial charge in [-0.2, -0.15) is 13.2 Å². The van der Waals surface area contributed by atoms with Crippen molar-refractivity contribution in [2.45, 2.75) is 75.1 Å². The Balaban J connectivity index is 1.61. The lowest BCUT2D eigenvalue weighted by atomic mass is 9.94. The highest BCUT2D eigenvalue weighted by atomic mass is 79.9. The summed E-state index contributed by atoms with van der Waals surface area (Å²) in [6.07, 6.45) is -0.199. The zero-order valence-electron chi connectivity index (χ0n) is 27.9. The van der Waals surface area contributed by atoms with E-state index >= 15 is 0 Å². The van der Waals surface area contributed by atoms with E-state index in [1.165, 1.54) is 17.0 Å². The van der Waals surface area contributed by atoms with Crippen LogP contribution < -0.4 is 9.62 Å². The van der Waals surface area contributed by atoms with E-state index in [9.17, 15) is 31.2 Å². The van der Waals surface area contributed by atoms with Crippen LogP contribution in [0.4, 0.5) is 18.9 Å². The van der Waals surface area contributed by atoms with Crippen LogP contribution in [0.2, 0.25) is 5.02 Å². The number of alkyl halides is 3. The monoisotopic (exact) mass is 803 g/mol. The Labute approximate surface area is 310 Å². The fraction of sp³-hybridized carbons (Fsp3) is 0.316. The van der Waals surface area contributed by atoms with E-state index in [1.807, 2.05) is 30.3 Å². The first-order valence-electron chi connectivity index (χ1n) is 16.6. The third-order valence-corrected chi connectivity index (χ3v) is 11.6. The van der Waals surface area contributed by atoms with E-state index in [1.54, 1.807) is 43.3 Å². The van der Waals surface area contributed by atoms with Crippen molar-refractivity contribution in [3.8, 4) is 0 Å². The van der Waals surface area contributed by atoms with Gasteiger partial charge in [0.1, 0.15) is 12.6 Å². The van der Waals surface area contributed by atoms with Gasteiger partial charge in [-0.25, -0.2) is 8.42 Å². The predicted molar refractivity (Wildman–Crippen MR) is 196 cm³/mol. The van der Waals surface area contributed by atoms with Gasteiger partial charge in [-0.1, -0.05) is 107 Å². The van der Waals surface area contributed by atoms with Gasteiger partial charge >= 0.3 is 6.18 Å². The van der Waals surface area contributed by atoms with E-state index in [-0.39, 0.29) is 23.9 Å². The van der Waals surface area contributed by atoms with Crippen LogP contribution >= 0.6 is 27.5 Å². The van der Waals surface area contributed by atoms with Gasteiger partial charge in [0, 0.05) is 23.5 Å². The molecule has 4 aromatic rings. The first kappa shape index (κ1) is 38.4. The summed E-state index contributed by atoms with van der Waals surface area (Å²) in [4.78, 5) is 30.0. The number of carbonyl (C=O) groups excluding carboxylic acids is 2. The normalized spacial score (nSPS) is 14.5. The Morgan fingerprint density at radius 1 is 0.902 bits per heavy atom. The Morgan fingerprint density at radius 2 is 1.55 bits per heavy atom. The van der Waals surface area contributed by atoms with Crippen molar-refractivity contribution in [2.75, 3.05) is 10.8 Å². The van der Waals surface area contributed by atoms with Crippen molar-refractivity contribution in [2.24, 2.45) is 0 Å². The summed E-state index contributed by atoms with van der Waals surface area (Å²) in [5.41, 5.74) is 0.533. The molecule has 0 unspecified atom stereocenters. The van der Waals surface area contributed by atoms with Gasteiger partial charge in [0.2, 0.25) is 11.8 Å². The highest BCUT2D eigenvalue weighted by Gasteiger charge is 2.38.